The molecule has 0 aromatic carbocycles. The molecule has 0 bridgehead atoms. The Morgan fingerprint density at radius 2 is 1.89 bits per heavy atom. The van der Waals surface area contributed by atoms with Crippen molar-refractivity contribution in [3.8, 4) is 0 Å². The molecule has 0 amide bonds. The van der Waals surface area contributed by atoms with Crippen LogP contribution in [0.1, 0.15) is 32.1 Å². The monoisotopic (exact) mass is 131 g/mol. The van der Waals surface area contributed by atoms with E-state index in [1.807, 2.05) is 0 Å². The first-order valence-corrected chi connectivity index (χ1v) is 3.68. The molecule has 0 aliphatic heterocycles. The van der Waals surface area contributed by atoms with E-state index in [0.717, 1.165) is 25.7 Å². The van der Waals surface area contributed by atoms with Crippen LogP contribution >= 0.6 is 0 Å². The Morgan fingerprint density at radius 1 is 1.11 bits per heavy atom. The summed E-state index contributed by atoms with van der Waals surface area (Å²) in [5.74, 6) is 0. The third-order valence-corrected chi connectivity index (χ3v) is 1.94. The summed E-state index contributed by atoms with van der Waals surface area (Å²) in [6.07, 6.45) is 3.71. The summed E-state index contributed by atoms with van der Waals surface area (Å²) < 4.78 is 12.6. The second kappa shape index (κ2) is 3.16. The molecule has 0 spiro atoms. The van der Waals surface area contributed by atoms with Crippen LogP contribution in [0.3, 0.4) is 0 Å². The molecule has 0 aromatic heterocycles. The molecule has 0 aromatic rings. The summed E-state index contributed by atoms with van der Waals surface area (Å²) in [7, 11) is 0. The summed E-state index contributed by atoms with van der Waals surface area (Å²) >= 11 is 0. The highest BCUT2D eigenvalue weighted by atomic mass is 19.1. The molecule has 1 aliphatic carbocycles. The first kappa shape index (κ1) is 7.00. The summed E-state index contributed by atoms with van der Waals surface area (Å²) in [6, 6.07) is 0.269. The van der Waals surface area contributed by atoms with Crippen LogP contribution < -0.4 is 5.73 Å². The van der Waals surface area contributed by atoms with Gasteiger partial charge >= 0.3 is 0 Å². The van der Waals surface area contributed by atoms with E-state index in [1.54, 1.807) is 0 Å². The fourth-order valence-corrected chi connectivity index (χ4v) is 1.29. The molecule has 1 rings (SSSR count). The van der Waals surface area contributed by atoms with Gasteiger partial charge in [-0.25, -0.2) is 4.39 Å². The van der Waals surface area contributed by atoms with E-state index in [-0.39, 0.29) is 6.04 Å². The lowest BCUT2D eigenvalue weighted by molar-refractivity contribution is 0.299. The molecule has 0 radical (unpaired) electrons. The minimum absolute atomic E-state index is 0.269. The largest absolute Gasteiger partial charge is 0.328 e. The van der Waals surface area contributed by atoms with Gasteiger partial charge in [0.05, 0.1) is 0 Å². The number of alkyl halides is 1. The lowest BCUT2D eigenvalue weighted by atomic mass is 10.1. The van der Waals surface area contributed by atoms with Gasteiger partial charge in [-0.05, 0) is 32.1 Å². The number of hydrogen-bond acceptors (Lipinski definition) is 1. The van der Waals surface area contributed by atoms with Gasteiger partial charge in [-0.15, -0.1) is 0 Å². The Morgan fingerprint density at radius 3 is 2.67 bits per heavy atom. The van der Waals surface area contributed by atoms with Crippen LogP contribution in [0.2, 0.25) is 0 Å². The van der Waals surface area contributed by atoms with Gasteiger partial charge in [0.2, 0.25) is 0 Å². The fraction of sp³-hybridized carbons (Fsp3) is 1.00. The zero-order valence-corrected chi connectivity index (χ0v) is 5.65. The van der Waals surface area contributed by atoms with Crippen LogP contribution in [0.25, 0.3) is 0 Å². The zero-order chi connectivity index (χ0) is 6.69. The highest BCUT2D eigenvalue weighted by Crippen LogP contribution is 2.18. The van der Waals surface area contributed by atoms with Crippen LogP contribution in [0.5, 0.6) is 0 Å². The second-order valence-corrected chi connectivity index (χ2v) is 2.87. The van der Waals surface area contributed by atoms with E-state index < -0.39 is 6.17 Å². The molecule has 2 heteroatoms. The van der Waals surface area contributed by atoms with Gasteiger partial charge in [-0.2, -0.15) is 0 Å². The number of rotatable bonds is 0. The minimum atomic E-state index is -0.571. The maximum atomic E-state index is 12.6. The van der Waals surface area contributed by atoms with Crippen molar-refractivity contribution in [2.75, 3.05) is 0 Å². The van der Waals surface area contributed by atoms with Crippen molar-refractivity contribution in [2.24, 2.45) is 5.73 Å². The topological polar surface area (TPSA) is 26.0 Å². The molecule has 2 unspecified atom stereocenters. The lowest BCUT2D eigenvalue weighted by Gasteiger charge is -2.03. The third kappa shape index (κ3) is 2.31. The lowest BCUT2D eigenvalue weighted by Crippen LogP contribution is -2.18. The number of halogens is 1. The van der Waals surface area contributed by atoms with Crippen molar-refractivity contribution in [3.05, 3.63) is 0 Å². The van der Waals surface area contributed by atoms with E-state index in [4.69, 9.17) is 5.73 Å². The summed E-state index contributed by atoms with van der Waals surface area (Å²) in [5.41, 5.74) is 5.63. The van der Waals surface area contributed by atoms with Gasteiger partial charge < -0.3 is 5.73 Å². The maximum absolute atomic E-state index is 12.6. The van der Waals surface area contributed by atoms with Gasteiger partial charge in [-0.3, -0.25) is 0 Å². The van der Waals surface area contributed by atoms with Crippen LogP contribution in [0, 0.1) is 0 Å². The Bertz CT molecular complexity index is 75.0. The molecule has 1 nitrogen and oxygen atoms in total. The third-order valence-electron chi connectivity index (χ3n) is 1.94. The van der Waals surface area contributed by atoms with E-state index in [1.165, 1.54) is 0 Å². The summed E-state index contributed by atoms with van der Waals surface area (Å²) in [5, 5.41) is 0. The predicted octanol–water partition coefficient (Wildman–Crippen LogP) is 1.62. The normalized spacial score (nSPS) is 38.0. The zero-order valence-electron chi connectivity index (χ0n) is 5.65. The maximum Gasteiger partial charge on any atom is 0.100 e. The fourth-order valence-electron chi connectivity index (χ4n) is 1.29. The van der Waals surface area contributed by atoms with Crippen molar-refractivity contribution >= 4 is 0 Å². The molecule has 1 aliphatic rings. The molecule has 1 fully saturated rings. The van der Waals surface area contributed by atoms with Gasteiger partial charge in [0.25, 0.3) is 0 Å². The van der Waals surface area contributed by atoms with Crippen LogP contribution in [0.4, 0.5) is 4.39 Å². The van der Waals surface area contributed by atoms with Gasteiger partial charge in [0.1, 0.15) is 6.17 Å². The number of hydrogen-bond donors (Lipinski definition) is 1. The molecular weight excluding hydrogens is 117 g/mol. The smallest absolute Gasteiger partial charge is 0.100 e. The van der Waals surface area contributed by atoms with E-state index >= 15 is 0 Å². The Hall–Kier alpha value is -0.110. The average molecular weight is 131 g/mol. The first-order chi connectivity index (χ1) is 4.29. The van der Waals surface area contributed by atoms with Crippen LogP contribution in [0.15, 0.2) is 0 Å². The summed E-state index contributed by atoms with van der Waals surface area (Å²) in [6.45, 7) is 0. The van der Waals surface area contributed by atoms with Gasteiger partial charge in [0.15, 0.2) is 0 Å². The van der Waals surface area contributed by atoms with Crippen LogP contribution in [-0.2, 0) is 0 Å². The van der Waals surface area contributed by atoms with Gasteiger partial charge in [0, 0.05) is 6.04 Å². The Labute approximate surface area is 55.4 Å². The Balaban J connectivity index is 2.25. The van der Waals surface area contributed by atoms with E-state index in [0.29, 0.717) is 6.42 Å². The molecular formula is C7H14FN. The van der Waals surface area contributed by atoms with Crippen molar-refractivity contribution < 1.29 is 4.39 Å². The molecule has 2 N–H and O–H groups in total. The Kier molecular flexibility index (Phi) is 2.46. The molecule has 54 valence electrons. The average Bonchev–Trinajstić information content (AvgIpc) is 1.97. The van der Waals surface area contributed by atoms with Crippen molar-refractivity contribution in [1.82, 2.24) is 0 Å². The van der Waals surface area contributed by atoms with Crippen molar-refractivity contribution in [2.45, 2.75) is 44.3 Å². The van der Waals surface area contributed by atoms with E-state index in [9.17, 15) is 4.39 Å². The van der Waals surface area contributed by atoms with Crippen LogP contribution in [-0.4, -0.2) is 12.2 Å². The summed E-state index contributed by atoms with van der Waals surface area (Å²) in [4.78, 5) is 0. The molecule has 0 heterocycles. The van der Waals surface area contributed by atoms with Crippen molar-refractivity contribution in [1.29, 1.82) is 0 Å². The molecule has 0 saturated heterocycles. The standard InChI is InChI=1S/C7H14FN/c8-6-2-1-3-7(9)5-4-6/h6-7H,1-5,9H2. The quantitative estimate of drug-likeness (QED) is 0.497. The SMILES string of the molecule is NC1CCCC(F)CC1. The highest BCUT2D eigenvalue weighted by Gasteiger charge is 2.14. The van der Waals surface area contributed by atoms with Gasteiger partial charge in [-0.1, -0.05) is 0 Å². The predicted molar refractivity (Wildman–Crippen MR) is 36.0 cm³/mol. The minimum Gasteiger partial charge on any atom is -0.328 e. The molecule has 9 heavy (non-hydrogen) atoms. The highest BCUT2D eigenvalue weighted by molar-refractivity contribution is 4.70. The molecule has 1 saturated carbocycles. The molecule has 2 atom stereocenters. The number of nitrogens with two attached hydrogens (primary N) is 1. The first-order valence-electron chi connectivity index (χ1n) is 3.68. The van der Waals surface area contributed by atoms with Crippen molar-refractivity contribution in [3.63, 3.8) is 0 Å². The van der Waals surface area contributed by atoms with E-state index in [2.05, 4.69) is 0 Å². The second-order valence-electron chi connectivity index (χ2n) is 2.87.